The maximum Gasteiger partial charge on any atom is 0.325 e. The minimum absolute atomic E-state index is 0.109. The fourth-order valence-electron chi connectivity index (χ4n) is 1.42. The molecule has 1 N–H and O–H groups in total. The van der Waals surface area contributed by atoms with Gasteiger partial charge in [-0.25, -0.2) is 0 Å². The molecule has 1 heterocycles. The molecule has 1 aromatic heterocycles. The van der Waals surface area contributed by atoms with Crippen molar-refractivity contribution in [2.45, 2.75) is 33.6 Å². The van der Waals surface area contributed by atoms with E-state index in [4.69, 9.17) is 10.00 Å². The monoisotopic (exact) mass is 266 g/mol. The molecule has 0 saturated heterocycles. The SMILES string of the molecule is CCCCOC(=O)CNc1sc(C)c(C)c1C#N. The summed E-state index contributed by atoms with van der Waals surface area (Å²) in [6.45, 7) is 6.49. The van der Waals surface area contributed by atoms with Gasteiger partial charge in [-0.1, -0.05) is 13.3 Å². The Balaban J connectivity index is 2.51. The third kappa shape index (κ3) is 3.74. The van der Waals surface area contributed by atoms with E-state index in [9.17, 15) is 4.79 Å². The standard InChI is InChI=1S/C13H18N2O2S/c1-4-5-6-17-12(16)8-15-13-11(7-14)9(2)10(3)18-13/h15H,4-6,8H2,1-3H3. The van der Waals surface area contributed by atoms with Crippen LogP contribution >= 0.6 is 11.3 Å². The molecule has 0 unspecified atom stereocenters. The summed E-state index contributed by atoms with van der Waals surface area (Å²) < 4.78 is 5.03. The van der Waals surface area contributed by atoms with Crippen molar-refractivity contribution in [1.29, 1.82) is 5.26 Å². The number of hydrogen-bond donors (Lipinski definition) is 1. The van der Waals surface area contributed by atoms with Gasteiger partial charge in [-0.05, 0) is 25.8 Å². The molecule has 98 valence electrons. The Morgan fingerprint density at radius 1 is 1.50 bits per heavy atom. The average Bonchev–Trinajstić information content (AvgIpc) is 2.62. The number of nitrogens with zero attached hydrogens (tertiary/aromatic N) is 1. The van der Waals surface area contributed by atoms with Gasteiger partial charge < -0.3 is 10.1 Å². The van der Waals surface area contributed by atoms with E-state index < -0.39 is 0 Å². The topological polar surface area (TPSA) is 62.1 Å². The Morgan fingerprint density at radius 2 is 2.22 bits per heavy atom. The van der Waals surface area contributed by atoms with Gasteiger partial charge in [-0.3, -0.25) is 4.79 Å². The summed E-state index contributed by atoms with van der Waals surface area (Å²) in [5.41, 5.74) is 1.60. The number of unbranched alkanes of at least 4 members (excludes halogenated alkanes) is 1. The normalized spacial score (nSPS) is 9.89. The van der Waals surface area contributed by atoms with Crippen molar-refractivity contribution in [2.24, 2.45) is 0 Å². The smallest absolute Gasteiger partial charge is 0.325 e. The summed E-state index contributed by atoms with van der Waals surface area (Å²) in [4.78, 5) is 12.5. The fraction of sp³-hybridized carbons (Fsp3) is 0.538. The van der Waals surface area contributed by atoms with Crippen LogP contribution in [0.4, 0.5) is 5.00 Å². The molecule has 4 nitrogen and oxygen atoms in total. The molecule has 1 rings (SSSR count). The minimum Gasteiger partial charge on any atom is -0.464 e. The van der Waals surface area contributed by atoms with Gasteiger partial charge in [-0.2, -0.15) is 5.26 Å². The summed E-state index contributed by atoms with van der Waals surface area (Å²) in [5, 5.41) is 12.8. The first-order valence-corrected chi connectivity index (χ1v) is 6.81. The molecule has 0 aromatic carbocycles. The van der Waals surface area contributed by atoms with Crippen molar-refractivity contribution >= 4 is 22.3 Å². The van der Waals surface area contributed by atoms with E-state index in [1.165, 1.54) is 11.3 Å². The number of thiophene rings is 1. The highest BCUT2D eigenvalue weighted by molar-refractivity contribution is 7.16. The van der Waals surface area contributed by atoms with E-state index in [1.807, 2.05) is 20.8 Å². The van der Waals surface area contributed by atoms with E-state index in [1.54, 1.807) is 0 Å². The third-order valence-electron chi connectivity index (χ3n) is 2.65. The van der Waals surface area contributed by atoms with Gasteiger partial charge in [0.05, 0.1) is 12.2 Å². The number of hydrogen-bond acceptors (Lipinski definition) is 5. The average molecular weight is 266 g/mol. The van der Waals surface area contributed by atoms with Crippen LogP contribution in [0.1, 0.15) is 35.8 Å². The van der Waals surface area contributed by atoms with Crippen molar-refractivity contribution in [3.63, 3.8) is 0 Å². The van der Waals surface area contributed by atoms with Crippen molar-refractivity contribution in [1.82, 2.24) is 0 Å². The van der Waals surface area contributed by atoms with Crippen LogP contribution in [0.25, 0.3) is 0 Å². The Morgan fingerprint density at radius 3 is 2.83 bits per heavy atom. The van der Waals surface area contributed by atoms with E-state index in [-0.39, 0.29) is 12.5 Å². The lowest BCUT2D eigenvalue weighted by Gasteiger charge is -2.05. The maximum atomic E-state index is 11.4. The number of esters is 1. The number of nitriles is 1. The van der Waals surface area contributed by atoms with Crippen molar-refractivity contribution < 1.29 is 9.53 Å². The minimum atomic E-state index is -0.281. The summed E-state index contributed by atoms with van der Waals surface area (Å²) in [6, 6.07) is 2.16. The van der Waals surface area contributed by atoms with Crippen LogP contribution in [0.5, 0.6) is 0 Å². The Bertz CT molecular complexity index is 460. The van der Waals surface area contributed by atoms with Crippen LogP contribution in [-0.4, -0.2) is 19.1 Å². The van der Waals surface area contributed by atoms with Gasteiger partial charge in [0, 0.05) is 4.88 Å². The van der Waals surface area contributed by atoms with Crippen LogP contribution in [0.15, 0.2) is 0 Å². The lowest BCUT2D eigenvalue weighted by molar-refractivity contribution is -0.141. The Labute approximate surface area is 112 Å². The van der Waals surface area contributed by atoms with Crippen LogP contribution in [0.3, 0.4) is 0 Å². The van der Waals surface area contributed by atoms with E-state index in [0.717, 1.165) is 28.3 Å². The van der Waals surface area contributed by atoms with E-state index >= 15 is 0 Å². The van der Waals surface area contributed by atoms with Crippen molar-refractivity contribution in [3.05, 3.63) is 16.0 Å². The largest absolute Gasteiger partial charge is 0.464 e. The van der Waals surface area contributed by atoms with Gasteiger partial charge >= 0.3 is 5.97 Å². The molecule has 0 radical (unpaired) electrons. The zero-order valence-corrected chi connectivity index (χ0v) is 11.8. The number of rotatable bonds is 6. The van der Waals surface area contributed by atoms with Gasteiger partial charge in [-0.15, -0.1) is 11.3 Å². The second kappa shape index (κ2) is 7.02. The van der Waals surface area contributed by atoms with E-state index in [2.05, 4.69) is 11.4 Å². The van der Waals surface area contributed by atoms with Crippen molar-refractivity contribution in [3.8, 4) is 6.07 Å². The van der Waals surface area contributed by atoms with Crippen LogP contribution in [0, 0.1) is 25.2 Å². The van der Waals surface area contributed by atoms with Gasteiger partial charge in [0.15, 0.2) is 0 Å². The number of carbonyl (C=O) groups is 1. The summed E-state index contributed by atoms with van der Waals surface area (Å²) in [5.74, 6) is -0.281. The van der Waals surface area contributed by atoms with Gasteiger partial charge in [0.25, 0.3) is 0 Å². The number of nitrogens with one attached hydrogen (secondary N) is 1. The highest BCUT2D eigenvalue weighted by Gasteiger charge is 2.13. The molecule has 1 aromatic rings. The Kier molecular flexibility index (Phi) is 5.66. The molecule has 0 amide bonds. The van der Waals surface area contributed by atoms with E-state index in [0.29, 0.717) is 12.2 Å². The number of anilines is 1. The molecule has 0 aliphatic carbocycles. The zero-order valence-electron chi connectivity index (χ0n) is 11.0. The molecule has 0 aliphatic rings. The molecule has 0 saturated carbocycles. The highest BCUT2D eigenvalue weighted by atomic mass is 32.1. The lowest BCUT2D eigenvalue weighted by atomic mass is 10.2. The number of ether oxygens (including phenoxy) is 1. The first-order chi connectivity index (χ1) is 8.60. The van der Waals surface area contributed by atoms with Crippen LogP contribution in [-0.2, 0) is 9.53 Å². The maximum absolute atomic E-state index is 11.4. The fourth-order valence-corrected chi connectivity index (χ4v) is 2.43. The second-order valence-electron chi connectivity index (χ2n) is 4.03. The van der Waals surface area contributed by atoms with Crippen LogP contribution < -0.4 is 5.32 Å². The third-order valence-corrected chi connectivity index (χ3v) is 3.82. The molecule has 0 bridgehead atoms. The van der Waals surface area contributed by atoms with Gasteiger partial charge in [0.1, 0.15) is 17.6 Å². The molecule has 0 atom stereocenters. The van der Waals surface area contributed by atoms with Crippen LogP contribution in [0.2, 0.25) is 0 Å². The number of carbonyl (C=O) groups excluding carboxylic acids is 1. The summed E-state index contributed by atoms with van der Waals surface area (Å²) in [7, 11) is 0. The molecule has 0 fully saturated rings. The molecule has 0 spiro atoms. The summed E-state index contributed by atoms with van der Waals surface area (Å²) >= 11 is 1.49. The predicted octanol–water partition coefficient (Wildman–Crippen LogP) is 2.99. The molecular formula is C13H18N2O2S. The predicted molar refractivity (Wildman–Crippen MR) is 72.9 cm³/mol. The highest BCUT2D eigenvalue weighted by Crippen LogP contribution is 2.31. The first kappa shape index (κ1) is 14.5. The Hall–Kier alpha value is -1.54. The number of aryl methyl sites for hydroxylation is 1. The lowest BCUT2D eigenvalue weighted by Crippen LogP contribution is -2.17. The summed E-state index contributed by atoms with van der Waals surface area (Å²) in [6.07, 6.45) is 1.88. The second-order valence-corrected chi connectivity index (χ2v) is 5.25. The molecule has 5 heteroatoms. The van der Waals surface area contributed by atoms with Gasteiger partial charge in [0.2, 0.25) is 0 Å². The first-order valence-electron chi connectivity index (χ1n) is 5.99. The molecule has 18 heavy (non-hydrogen) atoms. The quantitative estimate of drug-likeness (QED) is 0.635. The molecule has 0 aliphatic heterocycles. The zero-order chi connectivity index (χ0) is 13.5. The van der Waals surface area contributed by atoms with Crippen molar-refractivity contribution in [2.75, 3.05) is 18.5 Å². The molecular weight excluding hydrogens is 248 g/mol.